The van der Waals surface area contributed by atoms with Gasteiger partial charge >= 0.3 is 0 Å². The Morgan fingerprint density at radius 1 is 1.36 bits per heavy atom. The van der Waals surface area contributed by atoms with E-state index in [1.807, 2.05) is 12.4 Å². The van der Waals surface area contributed by atoms with Crippen LogP contribution in [-0.2, 0) is 0 Å². The average Bonchev–Trinajstić information content (AvgIpc) is 2.49. The maximum Gasteiger partial charge on any atom is 0.0789 e. The summed E-state index contributed by atoms with van der Waals surface area (Å²) in [5, 5.41) is 1.30. The van der Waals surface area contributed by atoms with Crippen molar-refractivity contribution in [2.45, 2.75) is 11.8 Å². The molecule has 0 aliphatic carbocycles. The largest absolute Gasteiger partial charge is 0.286 e. The Morgan fingerprint density at radius 3 is 2.79 bits per heavy atom. The molecule has 0 aromatic carbocycles. The third-order valence-electron chi connectivity index (χ3n) is 2.28. The lowest BCUT2D eigenvalue weighted by Gasteiger charge is -2.01. The molecule has 2 aromatic heterocycles. The van der Waals surface area contributed by atoms with Crippen LogP contribution in [0.4, 0.5) is 0 Å². The fourth-order valence-electron chi connectivity index (χ4n) is 1.70. The monoisotopic (exact) mass is 224 g/mol. The van der Waals surface area contributed by atoms with Gasteiger partial charge in [0.2, 0.25) is 0 Å². The van der Waals surface area contributed by atoms with E-state index in [0.717, 1.165) is 0 Å². The molecule has 0 N–H and O–H groups in total. The second kappa shape index (κ2) is 3.87. The Labute approximate surface area is 92.2 Å². The lowest BCUT2D eigenvalue weighted by atomic mass is 10.3. The molecule has 2 nitrogen and oxygen atoms in total. The van der Waals surface area contributed by atoms with Gasteiger partial charge in [-0.3, -0.25) is 8.96 Å². The van der Waals surface area contributed by atoms with Gasteiger partial charge in [0, 0.05) is 28.4 Å². The van der Waals surface area contributed by atoms with Gasteiger partial charge in [-0.15, -0.1) is 11.8 Å². The van der Waals surface area contributed by atoms with E-state index in [-0.39, 0.29) is 0 Å². The molecule has 2 heterocycles. The SMILES string of the molecule is CSc1c(C)n(SC)c2cnccc12. The highest BCUT2D eigenvalue weighted by molar-refractivity contribution is 7.99. The van der Waals surface area contributed by atoms with Gasteiger partial charge in [-0.05, 0) is 31.2 Å². The number of fused-ring (bicyclic) bond motifs is 1. The van der Waals surface area contributed by atoms with E-state index in [1.54, 1.807) is 23.7 Å². The normalized spacial score (nSPS) is 11.1. The molecule has 0 amide bonds. The van der Waals surface area contributed by atoms with Gasteiger partial charge in [0.1, 0.15) is 0 Å². The summed E-state index contributed by atoms with van der Waals surface area (Å²) < 4.78 is 2.23. The first-order chi connectivity index (χ1) is 6.79. The highest BCUT2D eigenvalue weighted by Crippen LogP contribution is 2.33. The molecule has 74 valence electrons. The smallest absolute Gasteiger partial charge is 0.0789 e. The van der Waals surface area contributed by atoms with Crippen molar-refractivity contribution in [3.05, 3.63) is 24.2 Å². The van der Waals surface area contributed by atoms with Crippen LogP contribution in [0.3, 0.4) is 0 Å². The summed E-state index contributed by atoms with van der Waals surface area (Å²) in [6, 6.07) is 2.08. The molecular weight excluding hydrogens is 212 g/mol. The molecule has 0 atom stereocenters. The second-order valence-electron chi connectivity index (χ2n) is 2.99. The van der Waals surface area contributed by atoms with Gasteiger partial charge < -0.3 is 0 Å². The van der Waals surface area contributed by atoms with Crippen molar-refractivity contribution in [3.8, 4) is 0 Å². The van der Waals surface area contributed by atoms with E-state index in [2.05, 4.69) is 34.5 Å². The molecule has 4 heteroatoms. The van der Waals surface area contributed by atoms with Gasteiger partial charge in [0.25, 0.3) is 0 Å². The predicted molar refractivity (Wildman–Crippen MR) is 65.2 cm³/mol. The first-order valence-corrected chi connectivity index (χ1v) is 6.73. The fourth-order valence-corrected chi connectivity index (χ4v) is 3.25. The van der Waals surface area contributed by atoms with Crippen molar-refractivity contribution in [3.63, 3.8) is 0 Å². The molecule has 0 unspecified atom stereocenters. The molecule has 0 saturated carbocycles. The van der Waals surface area contributed by atoms with Crippen LogP contribution >= 0.6 is 23.7 Å². The summed E-state index contributed by atoms with van der Waals surface area (Å²) in [4.78, 5) is 5.52. The Morgan fingerprint density at radius 2 is 2.14 bits per heavy atom. The lowest BCUT2D eigenvalue weighted by molar-refractivity contribution is 1.16. The van der Waals surface area contributed by atoms with E-state index in [9.17, 15) is 0 Å². The molecule has 0 aliphatic rings. The van der Waals surface area contributed by atoms with Crippen LogP contribution in [0.5, 0.6) is 0 Å². The number of thioether (sulfide) groups is 1. The van der Waals surface area contributed by atoms with Crippen LogP contribution in [0, 0.1) is 6.92 Å². The van der Waals surface area contributed by atoms with Crippen LogP contribution < -0.4 is 0 Å². The Bertz CT molecular complexity index is 421. The number of nitrogens with zero attached hydrogens (tertiary/aromatic N) is 2. The Balaban J connectivity index is 2.85. The number of pyridine rings is 1. The van der Waals surface area contributed by atoms with Crippen molar-refractivity contribution in [2.24, 2.45) is 0 Å². The lowest BCUT2D eigenvalue weighted by Crippen LogP contribution is -1.87. The van der Waals surface area contributed by atoms with Crippen molar-refractivity contribution >= 4 is 34.6 Å². The number of aromatic nitrogens is 2. The zero-order valence-electron chi connectivity index (χ0n) is 8.44. The van der Waals surface area contributed by atoms with Gasteiger partial charge in [-0.1, -0.05) is 0 Å². The third kappa shape index (κ3) is 1.33. The molecule has 14 heavy (non-hydrogen) atoms. The highest BCUT2D eigenvalue weighted by atomic mass is 32.2. The van der Waals surface area contributed by atoms with E-state index >= 15 is 0 Å². The minimum absolute atomic E-state index is 1.21. The van der Waals surface area contributed by atoms with Crippen LogP contribution in [0.15, 0.2) is 23.4 Å². The summed E-state index contributed by atoms with van der Waals surface area (Å²) in [6.45, 7) is 2.16. The van der Waals surface area contributed by atoms with E-state index in [4.69, 9.17) is 0 Å². The molecule has 0 spiro atoms. The standard InChI is InChI=1S/C10H12N2S2/c1-7-10(13-2)8-4-5-11-6-9(8)12(7)14-3/h4-6H,1-3H3. The van der Waals surface area contributed by atoms with Gasteiger partial charge in [-0.25, -0.2) is 0 Å². The maximum absolute atomic E-state index is 4.17. The molecule has 0 saturated heterocycles. The van der Waals surface area contributed by atoms with Crippen LogP contribution in [-0.4, -0.2) is 21.5 Å². The summed E-state index contributed by atoms with van der Waals surface area (Å²) in [6.07, 6.45) is 7.99. The third-order valence-corrected chi connectivity index (χ3v) is 4.04. The first kappa shape index (κ1) is 9.93. The van der Waals surface area contributed by atoms with E-state index in [0.29, 0.717) is 0 Å². The summed E-state index contributed by atoms with van der Waals surface area (Å²) in [5.41, 5.74) is 2.52. The topological polar surface area (TPSA) is 17.8 Å². The van der Waals surface area contributed by atoms with E-state index < -0.39 is 0 Å². The second-order valence-corrected chi connectivity index (χ2v) is 4.54. The van der Waals surface area contributed by atoms with Gasteiger partial charge in [-0.2, -0.15) is 0 Å². The highest BCUT2D eigenvalue weighted by Gasteiger charge is 2.12. The van der Waals surface area contributed by atoms with Crippen molar-refractivity contribution in [1.29, 1.82) is 0 Å². The minimum atomic E-state index is 1.21. The van der Waals surface area contributed by atoms with Gasteiger partial charge in [0.15, 0.2) is 0 Å². The van der Waals surface area contributed by atoms with Crippen molar-refractivity contribution in [1.82, 2.24) is 8.96 Å². The molecule has 0 fully saturated rings. The summed E-state index contributed by atoms with van der Waals surface area (Å²) in [7, 11) is 0. The first-order valence-electron chi connectivity index (χ1n) is 4.33. The van der Waals surface area contributed by atoms with E-state index in [1.165, 1.54) is 21.5 Å². The quantitative estimate of drug-likeness (QED) is 0.730. The Kier molecular flexibility index (Phi) is 2.74. The van der Waals surface area contributed by atoms with Crippen LogP contribution in [0.25, 0.3) is 10.9 Å². The zero-order chi connectivity index (χ0) is 10.1. The molecule has 0 aliphatic heterocycles. The average molecular weight is 224 g/mol. The van der Waals surface area contributed by atoms with Crippen LogP contribution in [0.2, 0.25) is 0 Å². The Hall–Kier alpha value is -0.610. The molecule has 0 radical (unpaired) electrons. The maximum atomic E-state index is 4.17. The molecule has 2 aromatic rings. The molecular formula is C10H12N2S2. The van der Waals surface area contributed by atoms with Crippen molar-refractivity contribution < 1.29 is 0 Å². The minimum Gasteiger partial charge on any atom is -0.286 e. The number of hydrogen-bond donors (Lipinski definition) is 0. The predicted octanol–water partition coefficient (Wildman–Crippen LogP) is 3.19. The number of rotatable bonds is 2. The molecule has 2 rings (SSSR count). The van der Waals surface area contributed by atoms with Gasteiger partial charge in [0.05, 0.1) is 11.7 Å². The number of hydrogen-bond acceptors (Lipinski definition) is 3. The zero-order valence-corrected chi connectivity index (χ0v) is 10.1. The van der Waals surface area contributed by atoms with Crippen LogP contribution in [0.1, 0.15) is 5.69 Å². The molecule has 0 bridgehead atoms. The fraction of sp³-hybridized carbons (Fsp3) is 0.300. The summed E-state index contributed by atoms with van der Waals surface area (Å²) >= 11 is 3.52. The summed E-state index contributed by atoms with van der Waals surface area (Å²) in [5.74, 6) is 0. The van der Waals surface area contributed by atoms with Crippen molar-refractivity contribution in [2.75, 3.05) is 12.5 Å².